The molecule has 0 unspecified atom stereocenters. The van der Waals surface area contributed by atoms with Crippen LogP contribution in [0.3, 0.4) is 0 Å². The Bertz CT molecular complexity index is 752. The lowest BCUT2D eigenvalue weighted by Crippen LogP contribution is -2.33. The molecule has 0 amide bonds. The standard InChI is InChI=1S/C19H27N3O2S/c1-13(2)16-11-17(14(3)4)19(18(12-16)15(5)6)25(23,24)22(9-7-20)10-8-21/h11-15H,9-10H2,1-6H3. The number of benzene rings is 1. The minimum atomic E-state index is -3.93. The Labute approximate surface area is 151 Å². The van der Waals surface area contributed by atoms with E-state index >= 15 is 0 Å². The molecule has 0 atom stereocenters. The summed E-state index contributed by atoms with van der Waals surface area (Å²) in [5, 5.41) is 18.0. The predicted molar refractivity (Wildman–Crippen MR) is 98.7 cm³/mol. The maximum Gasteiger partial charge on any atom is 0.245 e. The van der Waals surface area contributed by atoms with E-state index in [1.165, 1.54) is 0 Å². The van der Waals surface area contributed by atoms with E-state index < -0.39 is 10.0 Å². The summed E-state index contributed by atoms with van der Waals surface area (Å²) < 4.78 is 27.5. The van der Waals surface area contributed by atoms with Crippen LogP contribution in [0.5, 0.6) is 0 Å². The van der Waals surface area contributed by atoms with Crippen LogP contribution in [-0.4, -0.2) is 25.8 Å². The molecule has 1 aromatic rings. The Balaban J connectivity index is 3.83. The number of sulfonamides is 1. The Morgan fingerprint density at radius 1 is 0.880 bits per heavy atom. The van der Waals surface area contributed by atoms with Crippen molar-refractivity contribution in [2.75, 3.05) is 13.1 Å². The van der Waals surface area contributed by atoms with Crippen LogP contribution in [0, 0.1) is 22.7 Å². The zero-order valence-electron chi connectivity index (χ0n) is 15.9. The van der Waals surface area contributed by atoms with Gasteiger partial charge in [-0.05, 0) is 34.4 Å². The molecule has 0 aliphatic rings. The second kappa shape index (κ2) is 8.47. The number of hydrogen-bond donors (Lipinski definition) is 0. The first kappa shape index (κ1) is 21.2. The fourth-order valence-corrected chi connectivity index (χ4v) is 4.60. The molecule has 0 spiro atoms. The van der Waals surface area contributed by atoms with Crippen LogP contribution >= 0.6 is 0 Å². The van der Waals surface area contributed by atoms with Gasteiger partial charge in [0.2, 0.25) is 10.0 Å². The molecule has 25 heavy (non-hydrogen) atoms. The van der Waals surface area contributed by atoms with Gasteiger partial charge in [-0.15, -0.1) is 0 Å². The zero-order chi connectivity index (χ0) is 19.4. The molecule has 0 saturated heterocycles. The van der Waals surface area contributed by atoms with Crippen molar-refractivity contribution in [3.63, 3.8) is 0 Å². The lowest BCUT2D eigenvalue weighted by molar-refractivity contribution is 0.476. The highest BCUT2D eigenvalue weighted by Gasteiger charge is 2.31. The van der Waals surface area contributed by atoms with Crippen molar-refractivity contribution in [2.45, 2.75) is 64.2 Å². The quantitative estimate of drug-likeness (QED) is 0.684. The predicted octanol–water partition coefficient (Wildman–Crippen LogP) is 4.09. The maximum absolute atomic E-state index is 13.3. The van der Waals surface area contributed by atoms with Crippen LogP contribution in [0.1, 0.15) is 76.0 Å². The Kier molecular flexibility index (Phi) is 7.17. The first-order valence-corrected chi connectivity index (χ1v) is 9.93. The average Bonchev–Trinajstić information content (AvgIpc) is 2.52. The van der Waals surface area contributed by atoms with Crippen LogP contribution in [0.2, 0.25) is 0 Å². The van der Waals surface area contributed by atoms with Crippen molar-refractivity contribution in [1.82, 2.24) is 4.31 Å². The highest BCUT2D eigenvalue weighted by Crippen LogP contribution is 2.36. The van der Waals surface area contributed by atoms with Crippen LogP contribution < -0.4 is 0 Å². The molecular formula is C19H27N3O2S. The normalized spacial score (nSPS) is 12.0. The van der Waals surface area contributed by atoms with Gasteiger partial charge in [-0.2, -0.15) is 14.8 Å². The fraction of sp³-hybridized carbons (Fsp3) is 0.579. The molecule has 0 heterocycles. The van der Waals surface area contributed by atoms with E-state index in [2.05, 4.69) is 13.8 Å². The minimum Gasteiger partial charge on any atom is -0.207 e. The van der Waals surface area contributed by atoms with E-state index in [9.17, 15) is 8.42 Å². The molecular weight excluding hydrogens is 334 g/mol. The van der Waals surface area contributed by atoms with E-state index in [0.717, 1.165) is 21.0 Å². The van der Waals surface area contributed by atoms with Gasteiger partial charge >= 0.3 is 0 Å². The Morgan fingerprint density at radius 3 is 1.56 bits per heavy atom. The summed E-state index contributed by atoms with van der Waals surface area (Å²) in [6, 6.07) is 7.60. The van der Waals surface area contributed by atoms with E-state index in [1.807, 2.05) is 52.0 Å². The maximum atomic E-state index is 13.3. The van der Waals surface area contributed by atoms with Crippen molar-refractivity contribution >= 4 is 10.0 Å². The second-order valence-corrected chi connectivity index (χ2v) is 8.96. The molecule has 0 bridgehead atoms. The Hall–Kier alpha value is -1.89. The van der Waals surface area contributed by atoms with Gasteiger partial charge in [0, 0.05) is 0 Å². The van der Waals surface area contributed by atoms with Crippen LogP contribution in [0.25, 0.3) is 0 Å². The summed E-state index contributed by atoms with van der Waals surface area (Å²) in [4.78, 5) is 0.257. The molecule has 0 saturated carbocycles. The summed E-state index contributed by atoms with van der Waals surface area (Å²) in [5.74, 6) is 0.292. The monoisotopic (exact) mass is 361 g/mol. The number of rotatable bonds is 7. The van der Waals surface area contributed by atoms with E-state index in [4.69, 9.17) is 10.5 Å². The molecule has 0 radical (unpaired) electrons. The lowest BCUT2D eigenvalue weighted by Gasteiger charge is -2.25. The highest BCUT2D eigenvalue weighted by atomic mass is 32.2. The summed E-state index contributed by atoms with van der Waals surface area (Å²) in [6.07, 6.45) is 0. The van der Waals surface area contributed by atoms with Crippen LogP contribution in [-0.2, 0) is 10.0 Å². The molecule has 5 nitrogen and oxygen atoms in total. The van der Waals surface area contributed by atoms with Gasteiger partial charge in [0.15, 0.2) is 0 Å². The van der Waals surface area contributed by atoms with Crippen LogP contribution in [0.4, 0.5) is 0 Å². The molecule has 0 aromatic heterocycles. The van der Waals surface area contributed by atoms with Gasteiger partial charge in [0.25, 0.3) is 0 Å². The molecule has 1 rings (SSSR count). The molecule has 0 aliphatic heterocycles. The first-order valence-electron chi connectivity index (χ1n) is 8.49. The smallest absolute Gasteiger partial charge is 0.207 e. The molecule has 136 valence electrons. The van der Waals surface area contributed by atoms with Crippen molar-refractivity contribution in [3.8, 4) is 12.1 Å². The van der Waals surface area contributed by atoms with Crippen molar-refractivity contribution in [3.05, 3.63) is 28.8 Å². The molecule has 1 aromatic carbocycles. The third kappa shape index (κ3) is 4.60. The second-order valence-electron chi connectivity index (χ2n) is 7.08. The van der Waals surface area contributed by atoms with Crippen molar-refractivity contribution in [2.24, 2.45) is 0 Å². The van der Waals surface area contributed by atoms with Gasteiger partial charge in [-0.3, -0.25) is 0 Å². The van der Waals surface area contributed by atoms with Gasteiger partial charge in [0.1, 0.15) is 13.1 Å². The average molecular weight is 362 g/mol. The first-order chi connectivity index (χ1) is 11.6. The third-order valence-corrected chi connectivity index (χ3v) is 6.10. The lowest BCUT2D eigenvalue weighted by atomic mass is 9.89. The van der Waals surface area contributed by atoms with Crippen molar-refractivity contribution < 1.29 is 8.42 Å². The summed E-state index contributed by atoms with van der Waals surface area (Å²) in [7, 11) is -3.93. The Morgan fingerprint density at radius 2 is 1.28 bits per heavy atom. The largest absolute Gasteiger partial charge is 0.245 e. The number of nitrogens with zero attached hydrogens (tertiary/aromatic N) is 3. The van der Waals surface area contributed by atoms with Gasteiger partial charge in [-0.1, -0.05) is 53.7 Å². The van der Waals surface area contributed by atoms with Gasteiger partial charge in [0.05, 0.1) is 17.0 Å². The summed E-state index contributed by atoms with van der Waals surface area (Å²) in [6.45, 7) is 11.3. The SMILES string of the molecule is CC(C)c1cc(C(C)C)c(S(=O)(=O)N(CC#N)CC#N)c(C(C)C)c1. The molecule has 0 N–H and O–H groups in total. The highest BCUT2D eigenvalue weighted by molar-refractivity contribution is 7.89. The van der Waals surface area contributed by atoms with E-state index in [-0.39, 0.29) is 35.7 Å². The molecule has 0 fully saturated rings. The van der Waals surface area contributed by atoms with E-state index in [1.54, 1.807) is 0 Å². The van der Waals surface area contributed by atoms with Crippen molar-refractivity contribution in [1.29, 1.82) is 10.5 Å². The van der Waals surface area contributed by atoms with E-state index in [0.29, 0.717) is 0 Å². The topological polar surface area (TPSA) is 85.0 Å². The van der Waals surface area contributed by atoms with Gasteiger partial charge in [-0.25, -0.2) is 8.42 Å². The third-order valence-electron chi connectivity index (χ3n) is 4.17. The minimum absolute atomic E-state index is 0.00648. The number of hydrogen-bond acceptors (Lipinski definition) is 4. The van der Waals surface area contributed by atoms with Gasteiger partial charge < -0.3 is 0 Å². The summed E-state index contributed by atoms with van der Waals surface area (Å²) in [5.41, 5.74) is 2.59. The molecule has 0 aliphatic carbocycles. The fourth-order valence-electron chi connectivity index (χ4n) is 2.70. The zero-order valence-corrected chi connectivity index (χ0v) is 16.7. The van der Waals surface area contributed by atoms with Crippen LogP contribution in [0.15, 0.2) is 17.0 Å². The molecule has 6 heteroatoms. The summed E-state index contributed by atoms with van der Waals surface area (Å²) >= 11 is 0. The number of nitriles is 2.